The van der Waals surface area contributed by atoms with Crippen LogP contribution in [0.3, 0.4) is 0 Å². The van der Waals surface area contributed by atoms with Gasteiger partial charge in [0.2, 0.25) is 0 Å². The van der Waals surface area contributed by atoms with E-state index in [1.54, 1.807) is 73.8 Å². The summed E-state index contributed by atoms with van der Waals surface area (Å²) in [6, 6.07) is 24.3. The van der Waals surface area contributed by atoms with Crippen molar-refractivity contribution < 1.29 is 33.4 Å². The lowest BCUT2D eigenvalue weighted by molar-refractivity contribution is -0.131. The summed E-state index contributed by atoms with van der Waals surface area (Å²) in [6.07, 6.45) is 3.80. The molecule has 0 unspecified atom stereocenters. The smallest absolute Gasteiger partial charge is 0.308 e. The van der Waals surface area contributed by atoms with Crippen molar-refractivity contribution in [1.29, 1.82) is 0 Å². The zero-order valence-electron chi connectivity index (χ0n) is 24.9. The number of para-hydroxylation sites is 1. The zero-order chi connectivity index (χ0) is 31.5. The van der Waals surface area contributed by atoms with Crippen LogP contribution in [0.5, 0.6) is 17.2 Å². The number of hydrogen-bond acceptors (Lipinski definition) is 8. The number of nitrogens with zero attached hydrogens (tertiary/aromatic N) is 1. The highest BCUT2D eigenvalue weighted by molar-refractivity contribution is 6.32. The van der Waals surface area contributed by atoms with E-state index in [-0.39, 0.29) is 17.3 Å². The van der Waals surface area contributed by atoms with Gasteiger partial charge in [-0.15, -0.1) is 0 Å². The maximum absolute atomic E-state index is 14.9. The molecule has 8 heteroatoms. The third-order valence-corrected chi connectivity index (χ3v) is 9.16. The van der Waals surface area contributed by atoms with E-state index >= 15 is 0 Å². The number of anilines is 1. The Hall–Kier alpha value is -5.50. The molecule has 1 fully saturated rings. The lowest BCUT2D eigenvalue weighted by Gasteiger charge is -2.37. The highest BCUT2D eigenvalue weighted by atomic mass is 16.5. The summed E-state index contributed by atoms with van der Waals surface area (Å²) in [6.45, 7) is 1.30. The predicted molar refractivity (Wildman–Crippen MR) is 167 cm³/mol. The normalized spacial score (nSPS) is 20.4. The van der Waals surface area contributed by atoms with Crippen molar-refractivity contribution in [2.75, 3.05) is 19.1 Å². The van der Waals surface area contributed by atoms with E-state index in [1.807, 2.05) is 41.3 Å². The molecule has 0 radical (unpaired) electrons. The van der Waals surface area contributed by atoms with Crippen molar-refractivity contribution in [3.8, 4) is 17.2 Å². The minimum Gasteiger partial charge on any atom is -0.497 e. The van der Waals surface area contributed by atoms with Crippen molar-refractivity contribution in [3.05, 3.63) is 125 Å². The van der Waals surface area contributed by atoms with E-state index in [0.717, 1.165) is 11.3 Å². The van der Waals surface area contributed by atoms with Crippen molar-refractivity contribution in [2.45, 2.75) is 24.9 Å². The average molecular weight is 600 g/mol. The Kier molecular flexibility index (Phi) is 6.66. The summed E-state index contributed by atoms with van der Waals surface area (Å²) in [4.78, 5) is 58.1. The summed E-state index contributed by atoms with van der Waals surface area (Å²) >= 11 is 0. The molecule has 2 aliphatic heterocycles. The number of rotatable bonds is 6. The molecule has 0 aromatic heterocycles. The van der Waals surface area contributed by atoms with E-state index in [4.69, 9.17) is 14.2 Å². The van der Waals surface area contributed by atoms with Crippen LogP contribution in [-0.4, -0.2) is 49.6 Å². The maximum atomic E-state index is 14.9. The largest absolute Gasteiger partial charge is 0.497 e. The topological polar surface area (TPSA) is 99.2 Å². The van der Waals surface area contributed by atoms with Crippen LogP contribution in [0.1, 0.15) is 55.0 Å². The molecule has 3 aliphatic rings. The summed E-state index contributed by atoms with van der Waals surface area (Å²) in [7, 11) is 3.06. The minimum atomic E-state index is -1.67. The quantitative estimate of drug-likeness (QED) is 0.116. The van der Waals surface area contributed by atoms with Gasteiger partial charge >= 0.3 is 5.97 Å². The number of benzene rings is 4. The van der Waals surface area contributed by atoms with Crippen molar-refractivity contribution >= 4 is 35.1 Å². The molecule has 4 aromatic rings. The molecule has 3 atom stereocenters. The third kappa shape index (κ3) is 4.05. The third-order valence-electron chi connectivity index (χ3n) is 9.16. The van der Waals surface area contributed by atoms with Crippen LogP contribution in [0.2, 0.25) is 0 Å². The summed E-state index contributed by atoms with van der Waals surface area (Å²) < 4.78 is 16.5. The van der Waals surface area contributed by atoms with Crippen LogP contribution in [0.25, 0.3) is 6.08 Å². The Labute approximate surface area is 259 Å². The van der Waals surface area contributed by atoms with Crippen molar-refractivity contribution in [3.63, 3.8) is 0 Å². The number of Topliss-reactive ketones (excluding diaryl/α,β-unsaturated/α-hetero) is 3. The molecule has 1 aliphatic carbocycles. The Morgan fingerprint density at radius 2 is 1.42 bits per heavy atom. The van der Waals surface area contributed by atoms with Crippen LogP contribution in [0.4, 0.5) is 5.69 Å². The van der Waals surface area contributed by atoms with Crippen LogP contribution in [0, 0.1) is 5.41 Å². The second-order valence-corrected chi connectivity index (χ2v) is 11.4. The fourth-order valence-electron chi connectivity index (χ4n) is 7.36. The van der Waals surface area contributed by atoms with Crippen molar-refractivity contribution in [1.82, 2.24) is 0 Å². The average Bonchev–Trinajstić information content (AvgIpc) is 3.50. The van der Waals surface area contributed by atoms with Crippen LogP contribution in [-0.2, 0) is 4.79 Å². The molecule has 224 valence electrons. The SMILES string of the molecule is COc1ccc([C@H]2[C@H](C(=O)c3ccc(OC(C)=O)cc3)N3c4ccccc4C=C[C@@H]3C23C(=O)c2ccccc2C3=O)c(OC)c1. The zero-order valence-corrected chi connectivity index (χ0v) is 24.9. The fraction of sp³-hybridized carbons (Fsp3) is 0.189. The van der Waals surface area contributed by atoms with Gasteiger partial charge in [0.1, 0.15) is 28.7 Å². The number of fused-ring (bicyclic) bond motifs is 5. The molecule has 1 spiro atoms. The van der Waals surface area contributed by atoms with Gasteiger partial charge in [-0.3, -0.25) is 19.2 Å². The first kappa shape index (κ1) is 28.3. The predicted octanol–water partition coefficient (Wildman–Crippen LogP) is 5.95. The summed E-state index contributed by atoms with van der Waals surface area (Å²) in [5.74, 6) is -1.15. The first-order valence-corrected chi connectivity index (χ1v) is 14.6. The lowest BCUT2D eigenvalue weighted by Crippen LogP contribution is -2.48. The Bertz CT molecular complexity index is 1890. The molecular weight excluding hydrogens is 570 g/mol. The second kappa shape index (κ2) is 10.6. The monoisotopic (exact) mass is 599 g/mol. The first-order chi connectivity index (χ1) is 21.8. The molecule has 8 nitrogen and oxygen atoms in total. The molecule has 45 heavy (non-hydrogen) atoms. The van der Waals surface area contributed by atoms with Gasteiger partial charge in [0.25, 0.3) is 0 Å². The van der Waals surface area contributed by atoms with Gasteiger partial charge in [0.05, 0.1) is 20.3 Å². The second-order valence-electron chi connectivity index (χ2n) is 11.4. The number of esters is 1. The summed E-state index contributed by atoms with van der Waals surface area (Å²) in [5, 5.41) is 0. The number of methoxy groups -OCH3 is 2. The number of ether oxygens (including phenoxy) is 3. The molecule has 0 amide bonds. The summed E-state index contributed by atoms with van der Waals surface area (Å²) in [5.41, 5.74) is 1.50. The molecule has 4 aromatic carbocycles. The van der Waals surface area contributed by atoms with Crippen LogP contribution >= 0.6 is 0 Å². The Morgan fingerprint density at radius 1 is 0.778 bits per heavy atom. The van der Waals surface area contributed by atoms with E-state index in [9.17, 15) is 19.2 Å². The van der Waals surface area contributed by atoms with Gasteiger partial charge in [-0.25, -0.2) is 0 Å². The van der Waals surface area contributed by atoms with Crippen LogP contribution < -0.4 is 19.1 Å². The standard InChI is InChI=1S/C37H29NO7/c1-21(39)45-24-15-12-23(13-16-24)34(40)33-32(28-18-17-25(43-2)20-30(28)44-3)37(35(41)26-9-5-6-10-27(26)36(37)42)31-19-14-22-8-4-7-11-29(22)38(31)33/h4-20,31-33H,1-3H3/t31-,32+,33-/m1/s1. The maximum Gasteiger partial charge on any atom is 0.308 e. The van der Waals surface area contributed by atoms with Crippen LogP contribution in [0.15, 0.2) is 97.1 Å². The number of hydrogen-bond donors (Lipinski definition) is 0. The molecule has 0 N–H and O–H groups in total. The molecular formula is C37H29NO7. The highest BCUT2D eigenvalue weighted by Crippen LogP contribution is 2.62. The fourth-order valence-corrected chi connectivity index (χ4v) is 7.36. The van der Waals surface area contributed by atoms with E-state index < -0.39 is 29.4 Å². The number of carbonyl (C=O) groups excluding carboxylic acids is 4. The van der Waals surface area contributed by atoms with Gasteiger partial charge in [-0.2, -0.15) is 0 Å². The van der Waals surface area contributed by atoms with E-state index in [2.05, 4.69) is 0 Å². The number of carbonyl (C=O) groups is 4. The molecule has 0 saturated carbocycles. The molecule has 0 bridgehead atoms. The van der Waals surface area contributed by atoms with Gasteiger partial charge in [-0.1, -0.05) is 60.7 Å². The molecule has 1 saturated heterocycles. The Morgan fingerprint density at radius 3 is 2.07 bits per heavy atom. The first-order valence-electron chi connectivity index (χ1n) is 14.6. The van der Waals surface area contributed by atoms with Gasteiger partial charge in [0, 0.05) is 46.8 Å². The molecule has 7 rings (SSSR count). The van der Waals surface area contributed by atoms with Gasteiger partial charge < -0.3 is 19.1 Å². The lowest BCUT2D eigenvalue weighted by atomic mass is 9.64. The van der Waals surface area contributed by atoms with E-state index in [1.165, 1.54) is 14.0 Å². The number of ketones is 3. The Balaban J connectivity index is 1.52. The van der Waals surface area contributed by atoms with Gasteiger partial charge in [0.15, 0.2) is 17.3 Å². The van der Waals surface area contributed by atoms with Gasteiger partial charge in [-0.05, 0) is 42.0 Å². The minimum absolute atomic E-state index is 0.296. The van der Waals surface area contributed by atoms with E-state index in [0.29, 0.717) is 39.5 Å². The van der Waals surface area contributed by atoms with Crippen molar-refractivity contribution in [2.24, 2.45) is 5.41 Å². The highest BCUT2D eigenvalue weighted by Gasteiger charge is 2.72. The molecule has 2 heterocycles.